The van der Waals surface area contributed by atoms with Crippen LogP contribution in [0, 0.1) is 0 Å². The molecule has 0 saturated carbocycles. The van der Waals surface area contributed by atoms with Crippen LogP contribution in [0.2, 0.25) is 0 Å². The molecule has 0 aromatic heterocycles. The zero-order valence-corrected chi connectivity index (χ0v) is 11.4. The van der Waals surface area contributed by atoms with Gasteiger partial charge in [0.1, 0.15) is 0 Å². The Morgan fingerprint density at radius 2 is 2.08 bits per heavy atom. The molecule has 13 heavy (non-hydrogen) atoms. The summed E-state index contributed by atoms with van der Waals surface area (Å²) in [5, 5.41) is 1.82. The summed E-state index contributed by atoms with van der Waals surface area (Å²) in [6, 6.07) is 0. The molecule has 0 aliphatic carbocycles. The number of hydrogen-bond acceptors (Lipinski definition) is 4. The van der Waals surface area contributed by atoms with Crippen molar-refractivity contribution in [3.05, 3.63) is 0 Å². The molecule has 2 fully saturated rings. The maximum Gasteiger partial charge on any atom is 0.0676 e. The molecule has 2 aliphatic rings. The largest absolute Gasteiger partial charge is 0.160 e. The molecular weight excluding hydrogens is 236 g/mol. The molecule has 2 aliphatic heterocycles. The molecule has 2 saturated heterocycles. The highest BCUT2D eigenvalue weighted by atomic mass is 32.2. The molecule has 0 aromatic carbocycles. The van der Waals surface area contributed by atoms with E-state index in [9.17, 15) is 0 Å². The van der Waals surface area contributed by atoms with Crippen molar-refractivity contribution in [2.45, 2.75) is 28.4 Å². The lowest BCUT2D eigenvalue weighted by Crippen LogP contribution is -2.34. The van der Waals surface area contributed by atoms with E-state index < -0.39 is 0 Å². The van der Waals surface area contributed by atoms with Gasteiger partial charge in [-0.2, -0.15) is 23.5 Å². The molecule has 0 spiro atoms. The van der Waals surface area contributed by atoms with Crippen LogP contribution in [-0.4, -0.2) is 37.6 Å². The Kier molecular flexibility index (Phi) is 3.77. The summed E-state index contributed by atoms with van der Waals surface area (Å²) < 4.78 is 0.517. The third-order valence-electron chi connectivity index (χ3n) is 2.28. The quantitative estimate of drug-likeness (QED) is 0.738. The monoisotopic (exact) mass is 252 g/mol. The Morgan fingerprint density at radius 3 is 2.54 bits per heavy atom. The first-order chi connectivity index (χ1) is 6.18. The topological polar surface area (TPSA) is 0 Å². The zero-order valence-electron chi connectivity index (χ0n) is 8.12. The predicted octanol–water partition coefficient (Wildman–Crippen LogP) is 3.42. The molecule has 2 unspecified atom stereocenters. The molecule has 76 valence electrons. The van der Waals surface area contributed by atoms with Crippen molar-refractivity contribution in [2.75, 3.05) is 23.0 Å². The van der Waals surface area contributed by atoms with E-state index in [0.717, 1.165) is 10.5 Å². The molecule has 0 radical (unpaired) electrons. The first kappa shape index (κ1) is 10.9. The third-order valence-corrected chi connectivity index (χ3v) is 9.40. The van der Waals surface area contributed by atoms with Crippen molar-refractivity contribution in [1.82, 2.24) is 0 Å². The van der Waals surface area contributed by atoms with Gasteiger partial charge in [0.25, 0.3) is 0 Å². The molecule has 0 bridgehead atoms. The summed E-state index contributed by atoms with van der Waals surface area (Å²) in [7, 11) is 0. The fraction of sp³-hybridized carbons (Fsp3) is 1.00. The van der Waals surface area contributed by atoms with E-state index in [4.69, 9.17) is 0 Å². The van der Waals surface area contributed by atoms with Crippen LogP contribution in [-0.2, 0) is 0 Å². The summed E-state index contributed by atoms with van der Waals surface area (Å²) in [5.74, 6) is 5.46. The molecule has 2 atom stereocenters. The van der Waals surface area contributed by atoms with E-state index in [0.29, 0.717) is 4.08 Å². The van der Waals surface area contributed by atoms with E-state index in [-0.39, 0.29) is 0 Å². The van der Waals surface area contributed by atoms with Crippen LogP contribution in [0.15, 0.2) is 0 Å². The van der Waals surface area contributed by atoms with Crippen molar-refractivity contribution in [3.63, 3.8) is 0 Å². The molecule has 0 aromatic rings. The van der Waals surface area contributed by atoms with Gasteiger partial charge in [-0.25, -0.2) is 0 Å². The molecule has 0 amide bonds. The maximum absolute atomic E-state index is 2.43. The highest BCUT2D eigenvalue weighted by Gasteiger charge is 2.35. The van der Waals surface area contributed by atoms with Gasteiger partial charge in [-0.1, -0.05) is 6.92 Å². The molecule has 0 nitrogen and oxygen atoms in total. The SMILES string of the molecule is CC1CSC(C)(SC2CSC2)CS1. The van der Waals surface area contributed by atoms with Gasteiger partial charge in [0.15, 0.2) is 0 Å². The molecule has 0 N–H and O–H groups in total. The maximum atomic E-state index is 2.43. The summed E-state index contributed by atoms with van der Waals surface area (Å²) >= 11 is 8.67. The summed E-state index contributed by atoms with van der Waals surface area (Å²) in [5.41, 5.74) is 0. The minimum atomic E-state index is 0.517. The first-order valence-electron chi connectivity index (χ1n) is 4.69. The Hall–Kier alpha value is 1.40. The van der Waals surface area contributed by atoms with Crippen LogP contribution in [0.5, 0.6) is 0 Å². The third kappa shape index (κ3) is 2.93. The smallest absolute Gasteiger partial charge is 0.0676 e. The highest BCUT2D eigenvalue weighted by Crippen LogP contribution is 2.49. The van der Waals surface area contributed by atoms with Crippen molar-refractivity contribution in [1.29, 1.82) is 0 Å². The zero-order chi connectivity index (χ0) is 9.31. The molecule has 2 heterocycles. The molecule has 2 rings (SSSR count). The van der Waals surface area contributed by atoms with Crippen LogP contribution < -0.4 is 0 Å². The lowest BCUT2D eigenvalue weighted by molar-refractivity contribution is 0.967. The fourth-order valence-electron chi connectivity index (χ4n) is 1.38. The average molecular weight is 252 g/mol. The summed E-state index contributed by atoms with van der Waals surface area (Å²) in [4.78, 5) is 0. The number of thioether (sulfide) groups is 4. The van der Waals surface area contributed by atoms with Gasteiger partial charge in [0.05, 0.1) is 4.08 Å². The van der Waals surface area contributed by atoms with Crippen LogP contribution in [0.3, 0.4) is 0 Å². The van der Waals surface area contributed by atoms with Crippen molar-refractivity contribution in [3.8, 4) is 0 Å². The number of hydrogen-bond donors (Lipinski definition) is 0. The van der Waals surface area contributed by atoms with E-state index in [2.05, 4.69) is 60.9 Å². The average Bonchev–Trinajstić information content (AvgIpc) is 2.05. The summed E-state index contributed by atoms with van der Waals surface area (Å²) in [6.45, 7) is 4.78. The Morgan fingerprint density at radius 1 is 1.31 bits per heavy atom. The Balaban J connectivity index is 1.81. The summed E-state index contributed by atoms with van der Waals surface area (Å²) in [6.07, 6.45) is 0. The number of rotatable bonds is 2. The van der Waals surface area contributed by atoms with Crippen LogP contribution in [0.25, 0.3) is 0 Å². The lowest BCUT2D eigenvalue weighted by atomic mass is 10.5. The van der Waals surface area contributed by atoms with Crippen molar-refractivity contribution < 1.29 is 0 Å². The standard InChI is InChI=1S/C9H16S4/c1-7-3-12-9(2,6-11-7)13-8-4-10-5-8/h7-8H,3-6H2,1-2H3. The van der Waals surface area contributed by atoms with Crippen LogP contribution >= 0.6 is 47.0 Å². The van der Waals surface area contributed by atoms with Crippen LogP contribution in [0.1, 0.15) is 13.8 Å². The second-order valence-electron chi connectivity index (χ2n) is 3.84. The van der Waals surface area contributed by atoms with Gasteiger partial charge in [-0.05, 0) is 6.92 Å². The van der Waals surface area contributed by atoms with Gasteiger partial charge in [-0.15, -0.1) is 23.5 Å². The van der Waals surface area contributed by atoms with Gasteiger partial charge in [-0.3, -0.25) is 0 Å². The minimum absolute atomic E-state index is 0.517. The minimum Gasteiger partial charge on any atom is -0.160 e. The van der Waals surface area contributed by atoms with Gasteiger partial charge in [0.2, 0.25) is 0 Å². The Bertz CT molecular complexity index is 170. The molecular formula is C9H16S4. The van der Waals surface area contributed by atoms with Gasteiger partial charge in [0, 0.05) is 33.5 Å². The van der Waals surface area contributed by atoms with E-state index in [1.807, 2.05) is 0 Å². The second kappa shape index (κ2) is 4.50. The van der Waals surface area contributed by atoms with Gasteiger partial charge < -0.3 is 0 Å². The second-order valence-corrected chi connectivity index (χ2v) is 9.93. The van der Waals surface area contributed by atoms with E-state index in [1.54, 1.807) is 0 Å². The predicted molar refractivity (Wildman–Crippen MR) is 71.5 cm³/mol. The fourth-order valence-corrected chi connectivity index (χ4v) is 7.30. The van der Waals surface area contributed by atoms with Crippen molar-refractivity contribution in [2.24, 2.45) is 0 Å². The highest BCUT2D eigenvalue weighted by molar-refractivity contribution is 8.21. The van der Waals surface area contributed by atoms with Crippen LogP contribution in [0.4, 0.5) is 0 Å². The lowest BCUT2D eigenvalue weighted by Gasteiger charge is -2.39. The Labute approximate surface area is 98.1 Å². The van der Waals surface area contributed by atoms with Crippen molar-refractivity contribution >= 4 is 47.0 Å². The van der Waals surface area contributed by atoms with E-state index >= 15 is 0 Å². The molecule has 4 heteroatoms. The first-order valence-corrected chi connectivity index (χ1v) is 8.76. The normalized spacial score (nSPS) is 41.5. The van der Waals surface area contributed by atoms with E-state index in [1.165, 1.54) is 23.0 Å². The van der Waals surface area contributed by atoms with Gasteiger partial charge >= 0.3 is 0 Å².